The summed E-state index contributed by atoms with van der Waals surface area (Å²) in [6.45, 7) is 3.69. The lowest BCUT2D eigenvalue weighted by atomic mass is 10.0. The molecule has 1 amide bonds. The number of rotatable bonds is 4. The molecule has 1 heterocycles. The number of nitrogens with zero attached hydrogens (tertiary/aromatic N) is 1. The minimum atomic E-state index is -3.36. The fourth-order valence-corrected chi connectivity index (χ4v) is 3.23. The number of carbonyl (C=O) groups excluding carboxylic acids is 1. The molecule has 1 saturated heterocycles. The van der Waals surface area contributed by atoms with Gasteiger partial charge < -0.3 is 10.2 Å². The van der Waals surface area contributed by atoms with E-state index in [-0.39, 0.29) is 11.9 Å². The van der Waals surface area contributed by atoms with Crippen LogP contribution in [0.5, 0.6) is 0 Å². The van der Waals surface area contributed by atoms with Gasteiger partial charge in [-0.25, -0.2) is 8.42 Å². The van der Waals surface area contributed by atoms with Gasteiger partial charge in [-0.2, -0.15) is 0 Å². The summed E-state index contributed by atoms with van der Waals surface area (Å²) in [5.74, 6) is -0.149. The third kappa shape index (κ3) is 4.45. The SMILES string of the molecule is Cc1c(NS(C)(=O)=O)cccc1C(=O)NC1CCN(C)CC1. The number of hydrogen-bond acceptors (Lipinski definition) is 4. The molecule has 0 spiro atoms. The van der Waals surface area contributed by atoms with E-state index in [1.54, 1.807) is 25.1 Å². The highest BCUT2D eigenvalue weighted by atomic mass is 32.2. The highest BCUT2D eigenvalue weighted by Gasteiger charge is 2.20. The molecule has 122 valence electrons. The van der Waals surface area contributed by atoms with Crippen LogP contribution in [0.25, 0.3) is 0 Å². The second kappa shape index (κ2) is 6.66. The lowest BCUT2D eigenvalue weighted by Gasteiger charge is -2.29. The summed E-state index contributed by atoms with van der Waals surface area (Å²) >= 11 is 0. The summed E-state index contributed by atoms with van der Waals surface area (Å²) in [5.41, 5.74) is 1.59. The van der Waals surface area contributed by atoms with Crippen LogP contribution in [0.2, 0.25) is 0 Å². The topological polar surface area (TPSA) is 78.5 Å². The van der Waals surface area contributed by atoms with E-state index >= 15 is 0 Å². The van der Waals surface area contributed by atoms with E-state index in [1.165, 1.54) is 0 Å². The third-order valence-electron chi connectivity index (χ3n) is 3.93. The van der Waals surface area contributed by atoms with Crippen molar-refractivity contribution in [1.82, 2.24) is 10.2 Å². The zero-order chi connectivity index (χ0) is 16.3. The van der Waals surface area contributed by atoms with Crippen molar-refractivity contribution in [1.29, 1.82) is 0 Å². The summed E-state index contributed by atoms with van der Waals surface area (Å²) < 4.78 is 25.2. The van der Waals surface area contributed by atoms with Crippen LogP contribution in [0.3, 0.4) is 0 Å². The van der Waals surface area contributed by atoms with Gasteiger partial charge in [0, 0.05) is 11.6 Å². The Bertz CT molecular complexity index is 650. The number of nitrogens with one attached hydrogen (secondary N) is 2. The molecular weight excluding hydrogens is 302 g/mol. The van der Waals surface area contributed by atoms with Gasteiger partial charge in [0.05, 0.1) is 11.9 Å². The predicted octanol–water partition coefficient (Wildman–Crippen LogP) is 1.19. The number of likely N-dealkylation sites (tertiary alicyclic amines) is 1. The van der Waals surface area contributed by atoms with E-state index in [0.29, 0.717) is 16.8 Å². The number of carbonyl (C=O) groups is 1. The van der Waals surface area contributed by atoms with E-state index in [2.05, 4.69) is 22.0 Å². The molecule has 22 heavy (non-hydrogen) atoms. The first kappa shape index (κ1) is 16.8. The Morgan fingerprint density at radius 1 is 1.27 bits per heavy atom. The Morgan fingerprint density at radius 3 is 2.50 bits per heavy atom. The molecule has 1 fully saturated rings. The molecule has 1 aromatic carbocycles. The van der Waals surface area contributed by atoms with Crippen LogP contribution in [0, 0.1) is 6.92 Å². The standard InChI is InChI=1S/C15H23N3O3S/c1-11-13(5-4-6-14(11)17-22(3,20)21)15(19)16-12-7-9-18(2)10-8-12/h4-6,12,17H,7-10H2,1-3H3,(H,16,19). The average molecular weight is 325 g/mol. The van der Waals surface area contributed by atoms with Crippen molar-refractivity contribution < 1.29 is 13.2 Å². The quantitative estimate of drug-likeness (QED) is 0.872. The van der Waals surface area contributed by atoms with Crippen molar-refractivity contribution in [3.05, 3.63) is 29.3 Å². The lowest BCUT2D eigenvalue weighted by molar-refractivity contribution is 0.0916. The summed E-state index contributed by atoms with van der Waals surface area (Å²) in [6, 6.07) is 5.23. The molecule has 1 aliphatic rings. The van der Waals surface area contributed by atoms with Crippen molar-refractivity contribution in [2.75, 3.05) is 31.1 Å². The van der Waals surface area contributed by atoms with Gasteiger partial charge in [-0.15, -0.1) is 0 Å². The van der Waals surface area contributed by atoms with Gasteiger partial charge >= 0.3 is 0 Å². The predicted molar refractivity (Wildman–Crippen MR) is 87.6 cm³/mol. The summed E-state index contributed by atoms with van der Waals surface area (Å²) in [7, 11) is -1.29. The van der Waals surface area contributed by atoms with E-state index in [4.69, 9.17) is 0 Å². The smallest absolute Gasteiger partial charge is 0.251 e. The van der Waals surface area contributed by atoms with Gasteiger partial charge in [-0.3, -0.25) is 9.52 Å². The largest absolute Gasteiger partial charge is 0.349 e. The molecule has 1 aliphatic heterocycles. The molecule has 0 aliphatic carbocycles. The van der Waals surface area contributed by atoms with Crippen LogP contribution in [0.15, 0.2) is 18.2 Å². The van der Waals surface area contributed by atoms with Crippen molar-refractivity contribution in [2.24, 2.45) is 0 Å². The van der Waals surface area contributed by atoms with Crippen LogP contribution in [-0.2, 0) is 10.0 Å². The van der Waals surface area contributed by atoms with E-state index < -0.39 is 10.0 Å². The van der Waals surface area contributed by atoms with Crippen molar-refractivity contribution >= 4 is 21.6 Å². The molecule has 0 aromatic heterocycles. The fourth-order valence-electron chi connectivity index (χ4n) is 2.61. The van der Waals surface area contributed by atoms with Gasteiger partial charge in [-0.1, -0.05) is 6.07 Å². The number of sulfonamides is 1. The minimum absolute atomic E-state index is 0.149. The first-order chi connectivity index (χ1) is 10.3. The third-order valence-corrected chi connectivity index (χ3v) is 4.52. The Balaban J connectivity index is 2.11. The molecule has 6 nitrogen and oxygen atoms in total. The summed E-state index contributed by atoms with van der Waals surface area (Å²) in [4.78, 5) is 14.7. The molecule has 0 saturated carbocycles. The van der Waals surface area contributed by atoms with Gasteiger partial charge in [0.25, 0.3) is 5.91 Å². The van der Waals surface area contributed by atoms with Crippen LogP contribution < -0.4 is 10.0 Å². The molecule has 0 bridgehead atoms. The van der Waals surface area contributed by atoms with Gasteiger partial charge in [0.2, 0.25) is 10.0 Å². The molecule has 0 radical (unpaired) electrons. The number of anilines is 1. The first-order valence-corrected chi connectivity index (χ1v) is 9.22. The maximum atomic E-state index is 12.4. The normalized spacial score (nSPS) is 17.2. The molecule has 0 atom stereocenters. The number of benzene rings is 1. The molecular formula is C15H23N3O3S. The monoisotopic (exact) mass is 325 g/mol. The van der Waals surface area contributed by atoms with Crippen LogP contribution >= 0.6 is 0 Å². The highest BCUT2D eigenvalue weighted by Crippen LogP contribution is 2.20. The Labute approximate surface area is 131 Å². The molecule has 7 heteroatoms. The maximum absolute atomic E-state index is 12.4. The number of amides is 1. The van der Waals surface area contributed by atoms with Crippen LogP contribution in [0.1, 0.15) is 28.8 Å². The fraction of sp³-hybridized carbons (Fsp3) is 0.533. The van der Waals surface area contributed by atoms with Crippen LogP contribution in [0.4, 0.5) is 5.69 Å². The summed E-state index contributed by atoms with van der Waals surface area (Å²) in [5, 5.41) is 3.04. The van der Waals surface area contributed by atoms with Crippen molar-refractivity contribution in [3.8, 4) is 0 Å². The molecule has 2 N–H and O–H groups in total. The first-order valence-electron chi connectivity index (χ1n) is 7.33. The van der Waals surface area contributed by atoms with Gasteiger partial charge in [0.15, 0.2) is 0 Å². The molecule has 2 rings (SSSR count). The van der Waals surface area contributed by atoms with E-state index in [0.717, 1.165) is 32.2 Å². The minimum Gasteiger partial charge on any atom is -0.349 e. The zero-order valence-corrected chi connectivity index (χ0v) is 14.0. The van der Waals surface area contributed by atoms with E-state index in [1.807, 2.05) is 0 Å². The zero-order valence-electron chi connectivity index (χ0n) is 13.2. The van der Waals surface area contributed by atoms with Gasteiger partial charge in [-0.05, 0) is 57.6 Å². The van der Waals surface area contributed by atoms with Crippen molar-refractivity contribution in [3.63, 3.8) is 0 Å². The maximum Gasteiger partial charge on any atom is 0.251 e. The average Bonchev–Trinajstić information content (AvgIpc) is 2.42. The van der Waals surface area contributed by atoms with E-state index in [9.17, 15) is 13.2 Å². The second-order valence-corrected chi connectivity index (χ2v) is 7.65. The van der Waals surface area contributed by atoms with Crippen molar-refractivity contribution in [2.45, 2.75) is 25.8 Å². The second-order valence-electron chi connectivity index (χ2n) is 5.90. The van der Waals surface area contributed by atoms with Gasteiger partial charge in [0.1, 0.15) is 0 Å². The number of hydrogen-bond donors (Lipinski definition) is 2. The lowest BCUT2D eigenvalue weighted by Crippen LogP contribution is -2.43. The summed E-state index contributed by atoms with van der Waals surface area (Å²) in [6.07, 6.45) is 2.96. The van der Waals surface area contributed by atoms with Crippen LogP contribution in [-0.4, -0.2) is 51.7 Å². The molecule has 0 unspecified atom stereocenters. The Kier molecular flexibility index (Phi) is 5.08. The highest BCUT2D eigenvalue weighted by molar-refractivity contribution is 7.92. The molecule has 1 aromatic rings. The Morgan fingerprint density at radius 2 is 1.91 bits per heavy atom. The number of piperidine rings is 1. The Hall–Kier alpha value is -1.60.